The van der Waals surface area contributed by atoms with E-state index in [1.54, 1.807) is 45.5 Å². The molecule has 0 atom stereocenters. The molecule has 0 aliphatic rings. The van der Waals surface area contributed by atoms with Crippen molar-refractivity contribution in [2.24, 2.45) is 0 Å². The minimum atomic E-state index is 0.522. The molecule has 2 aromatic carbocycles. The van der Waals surface area contributed by atoms with Gasteiger partial charge in [-0.15, -0.1) is 0 Å². The first-order chi connectivity index (χ1) is 12.2. The maximum atomic E-state index is 11.5. The third-order valence-corrected chi connectivity index (χ3v) is 3.92. The Morgan fingerprint density at radius 2 is 1.36 bits per heavy atom. The van der Waals surface area contributed by atoms with Crippen molar-refractivity contribution in [3.8, 4) is 23.0 Å². The zero-order valence-corrected chi connectivity index (χ0v) is 14.9. The van der Waals surface area contributed by atoms with Crippen LogP contribution in [0, 0.1) is 0 Å². The van der Waals surface area contributed by atoms with Crippen LogP contribution < -0.4 is 23.8 Å². The minimum absolute atomic E-state index is 0.522. The molecule has 0 bridgehead atoms. The number of hydrogen-bond acceptors (Lipinski definition) is 5. The molecule has 6 nitrogen and oxygen atoms in total. The number of rotatable bonds is 9. The van der Waals surface area contributed by atoms with Crippen LogP contribution in [0.4, 0.5) is 5.69 Å². The molecule has 2 aromatic rings. The van der Waals surface area contributed by atoms with Crippen LogP contribution in [0.3, 0.4) is 0 Å². The van der Waals surface area contributed by atoms with Gasteiger partial charge in [0.1, 0.15) is 0 Å². The van der Waals surface area contributed by atoms with Crippen LogP contribution in [0.25, 0.3) is 0 Å². The lowest BCUT2D eigenvalue weighted by Crippen LogP contribution is -2.23. The second-order valence-corrected chi connectivity index (χ2v) is 5.28. The summed E-state index contributed by atoms with van der Waals surface area (Å²) in [6, 6.07) is 11.1. The maximum absolute atomic E-state index is 11.5. The van der Waals surface area contributed by atoms with E-state index in [-0.39, 0.29) is 0 Å². The average Bonchev–Trinajstić information content (AvgIpc) is 2.67. The summed E-state index contributed by atoms with van der Waals surface area (Å²) in [5.41, 5.74) is 1.79. The molecule has 0 saturated heterocycles. The lowest BCUT2D eigenvalue weighted by Gasteiger charge is -2.19. The SMILES string of the molecule is COc1ccc(CCN(C=O)c2ccc(OC)c(OC)c2)cc1OC. The third-order valence-electron chi connectivity index (χ3n) is 3.92. The first-order valence-electron chi connectivity index (χ1n) is 7.81. The molecular formula is C19H23NO5. The van der Waals surface area contributed by atoms with Gasteiger partial charge in [-0.1, -0.05) is 6.07 Å². The van der Waals surface area contributed by atoms with E-state index in [0.717, 1.165) is 17.7 Å². The van der Waals surface area contributed by atoms with E-state index in [2.05, 4.69) is 0 Å². The molecule has 134 valence electrons. The van der Waals surface area contributed by atoms with E-state index in [0.29, 0.717) is 36.0 Å². The fraction of sp³-hybridized carbons (Fsp3) is 0.316. The van der Waals surface area contributed by atoms with Gasteiger partial charge in [-0.3, -0.25) is 4.79 Å². The minimum Gasteiger partial charge on any atom is -0.493 e. The van der Waals surface area contributed by atoms with E-state index in [4.69, 9.17) is 18.9 Å². The smallest absolute Gasteiger partial charge is 0.214 e. The predicted octanol–water partition coefficient (Wildman–Crippen LogP) is 2.93. The van der Waals surface area contributed by atoms with Crippen molar-refractivity contribution in [2.75, 3.05) is 39.9 Å². The highest BCUT2D eigenvalue weighted by molar-refractivity contribution is 5.76. The Bertz CT molecular complexity index is 717. The molecule has 6 heteroatoms. The van der Waals surface area contributed by atoms with E-state index in [1.165, 1.54) is 0 Å². The molecule has 2 rings (SSSR count). The first-order valence-corrected chi connectivity index (χ1v) is 7.81. The van der Waals surface area contributed by atoms with Gasteiger partial charge in [0.15, 0.2) is 23.0 Å². The molecule has 0 aliphatic carbocycles. The predicted molar refractivity (Wildman–Crippen MR) is 96.2 cm³/mol. The zero-order chi connectivity index (χ0) is 18.2. The van der Waals surface area contributed by atoms with Gasteiger partial charge >= 0.3 is 0 Å². The van der Waals surface area contributed by atoms with Crippen LogP contribution in [0.15, 0.2) is 36.4 Å². The van der Waals surface area contributed by atoms with Gasteiger partial charge in [0.2, 0.25) is 6.41 Å². The first kappa shape index (κ1) is 18.4. The maximum Gasteiger partial charge on any atom is 0.214 e. The van der Waals surface area contributed by atoms with Crippen molar-refractivity contribution in [3.63, 3.8) is 0 Å². The number of nitrogens with zero attached hydrogens (tertiary/aromatic N) is 1. The Labute approximate surface area is 147 Å². The number of methoxy groups -OCH3 is 4. The van der Waals surface area contributed by atoms with Gasteiger partial charge in [0.25, 0.3) is 0 Å². The molecule has 0 spiro atoms. The highest BCUT2D eigenvalue weighted by atomic mass is 16.5. The molecule has 25 heavy (non-hydrogen) atoms. The number of hydrogen-bond donors (Lipinski definition) is 0. The molecule has 0 heterocycles. The summed E-state index contributed by atoms with van der Waals surface area (Å²) in [6.45, 7) is 0.522. The lowest BCUT2D eigenvalue weighted by molar-refractivity contribution is -0.107. The topological polar surface area (TPSA) is 57.2 Å². The van der Waals surface area contributed by atoms with Crippen LogP contribution in [0.5, 0.6) is 23.0 Å². The second kappa shape index (κ2) is 8.82. The van der Waals surface area contributed by atoms with Gasteiger partial charge in [0.05, 0.1) is 28.4 Å². The number of carbonyl (C=O) groups is 1. The largest absolute Gasteiger partial charge is 0.493 e. The van der Waals surface area contributed by atoms with E-state index in [1.807, 2.05) is 24.3 Å². The van der Waals surface area contributed by atoms with Crippen molar-refractivity contribution >= 4 is 12.1 Å². The molecule has 1 amide bonds. The van der Waals surface area contributed by atoms with Crippen molar-refractivity contribution in [2.45, 2.75) is 6.42 Å². The van der Waals surface area contributed by atoms with Gasteiger partial charge in [-0.25, -0.2) is 0 Å². The van der Waals surface area contributed by atoms with Crippen molar-refractivity contribution in [1.29, 1.82) is 0 Å². The monoisotopic (exact) mass is 345 g/mol. The van der Waals surface area contributed by atoms with Gasteiger partial charge < -0.3 is 23.8 Å². The zero-order valence-electron chi connectivity index (χ0n) is 14.9. The van der Waals surface area contributed by atoms with Crippen molar-refractivity contribution < 1.29 is 23.7 Å². The van der Waals surface area contributed by atoms with Gasteiger partial charge in [0, 0.05) is 18.3 Å². The highest BCUT2D eigenvalue weighted by Crippen LogP contribution is 2.31. The average molecular weight is 345 g/mol. The normalized spacial score (nSPS) is 10.1. The van der Waals surface area contributed by atoms with Crippen molar-refractivity contribution in [3.05, 3.63) is 42.0 Å². The Morgan fingerprint density at radius 1 is 0.800 bits per heavy atom. The second-order valence-electron chi connectivity index (χ2n) is 5.28. The molecule has 0 aliphatic heterocycles. The summed E-state index contributed by atoms with van der Waals surface area (Å²) in [5.74, 6) is 2.55. The van der Waals surface area contributed by atoms with Crippen LogP contribution in [0.2, 0.25) is 0 Å². The van der Waals surface area contributed by atoms with Crippen LogP contribution in [0.1, 0.15) is 5.56 Å². The van der Waals surface area contributed by atoms with Crippen LogP contribution in [-0.4, -0.2) is 41.4 Å². The van der Waals surface area contributed by atoms with Crippen LogP contribution in [-0.2, 0) is 11.2 Å². The molecular weight excluding hydrogens is 322 g/mol. The van der Waals surface area contributed by atoms with E-state index < -0.39 is 0 Å². The molecule has 0 fully saturated rings. The molecule has 0 aromatic heterocycles. The van der Waals surface area contributed by atoms with E-state index >= 15 is 0 Å². The fourth-order valence-corrected chi connectivity index (χ4v) is 2.53. The Hall–Kier alpha value is -2.89. The number of anilines is 1. The fourth-order valence-electron chi connectivity index (χ4n) is 2.53. The van der Waals surface area contributed by atoms with Gasteiger partial charge in [-0.05, 0) is 36.2 Å². The summed E-state index contributed by atoms with van der Waals surface area (Å²) >= 11 is 0. The summed E-state index contributed by atoms with van der Waals surface area (Å²) in [5, 5.41) is 0. The molecule has 0 N–H and O–H groups in total. The van der Waals surface area contributed by atoms with Crippen LogP contribution >= 0.6 is 0 Å². The Balaban J connectivity index is 2.14. The third kappa shape index (κ3) is 4.35. The summed E-state index contributed by atoms with van der Waals surface area (Å²) in [7, 11) is 6.34. The number of ether oxygens (including phenoxy) is 4. The summed E-state index contributed by atoms with van der Waals surface area (Å²) in [6.07, 6.45) is 1.48. The highest BCUT2D eigenvalue weighted by Gasteiger charge is 2.11. The number of amides is 1. The molecule has 0 unspecified atom stereocenters. The summed E-state index contributed by atoms with van der Waals surface area (Å²) < 4.78 is 21.1. The molecule has 0 saturated carbocycles. The molecule has 0 radical (unpaired) electrons. The summed E-state index contributed by atoms with van der Waals surface area (Å²) in [4.78, 5) is 13.1. The Morgan fingerprint density at radius 3 is 1.92 bits per heavy atom. The lowest BCUT2D eigenvalue weighted by atomic mass is 10.1. The van der Waals surface area contributed by atoms with E-state index in [9.17, 15) is 4.79 Å². The Kier molecular flexibility index (Phi) is 6.51. The van der Waals surface area contributed by atoms with Crippen molar-refractivity contribution in [1.82, 2.24) is 0 Å². The number of benzene rings is 2. The quantitative estimate of drug-likeness (QED) is 0.654. The number of carbonyl (C=O) groups excluding carboxylic acids is 1. The standard InChI is InChI=1S/C19H23NO5/c1-22-16-7-5-14(11-18(16)24-3)9-10-20(13-21)15-6-8-17(23-2)19(12-15)25-4/h5-8,11-13H,9-10H2,1-4H3. The van der Waals surface area contributed by atoms with Gasteiger partial charge in [-0.2, -0.15) is 0 Å².